The first-order chi connectivity index (χ1) is 7.56. The number of halogens is 2. The molecule has 0 saturated heterocycles. The highest BCUT2D eigenvalue weighted by Crippen LogP contribution is 2.19. The van der Waals surface area contributed by atoms with Crippen molar-refractivity contribution >= 4 is 11.6 Å². The molecule has 2 aromatic rings. The molecule has 1 aromatic carbocycles. The third-order valence-corrected chi connectivity index (χ3v) is 2.17. The smallest absolute Gasteiger partial charge is 0.207 e. The van der Waals surface area contributed by atoms with Gasteiger partial charge in [-0.05, 0) is 19.1 Å². The number of imidazole rings is 1. The van der Waals surface area contributed by atoms with E-state index < -0.39 is 11.6 Å². The maximum Gasteiger partial charge on any atom is 0.207 e. The zero-order valence-electron chi connectivity index (χ0n) is 8.96. The van der Waals surface area contributed by atoms with Gasteiger partial charge in [0.15, 0.2) is 0 Å². The molecule has 3 nitrogen and oxygen atoms in total. The van der Waals surface area contributed by atoms with Crippen LogP contribution >= 0.6 is 0 Å². The Balaban J connectivity index is 2.33. The van der Waals surface area contributed by atoms with E-state index in [1.54, 1.807) is 17.8 Å². The SMILES string of the molecule is Cc1cn(C)c(Nc2cc(F)ccc2F)n1. The standard InChI is InChI=1S/C11H11F2N3/c1-7-6-16(2)11(14-7)15-10-5-8(12)3-4-9(10)13/h3-6H,1-2H3,(H,14,15). The Morgan fingerprint density at radius 2 is 2.06 bits per heavy atom. The first-order valence-electron chi connectivity index (χ1n) is 4.78. The quantitative estimate of drug-likeness (QED) is 0.848. The molecular weight excluding hydrogens is 212 g/mol. The Bertz CT molecular complexity index is 520. The van der Waals surface area contributed by atoms with E-state index in [9.17, 15) is 8.78 Å². The van der Waals surface area contributed by atoms with E-state index in [2.05, 4.69) is 10.3 Å². The van der Waals surface area contributed by atoms with Gasteiger partial charge in [0.1, 0.15) is 11.6 Å². The van der Waals surface area contributed by atoms with Crippen molar-refractivity contribution in [3.05, 3.63) is 41.7 Å². The van der Waals surface area contributed by atoms with Crippen molar-refractivity contribution < 1.29 is 8.78 Å². The number of nitrogens with one attached hydrogen (secondary N) is 1. The molecule has 0 bridgehead atoms. The zero-order chi connectivity index (χ0) is 11.7. The van der Waals surface area contributed by atoms with Gasteiger partial charge in [-0.25, -0.2) is 13.8 Å². The normalized spacial score (nSPS) is 10.5. The molecular formula is C11H11F2N3. The highest BCUT2D eigenvalue weighted by Gasteiger charge is 2.07. The van der Waals surface area contributed by atoms with Crippen LogP contribution in [0.3, 0.4) is 0 Å². The number of hydrogen-bond acceptors (Lipinski definition) is 2. The second-order valence-electron chi connectivity index (χ2n) is 3.57. The number of anilines is 2. The molecule has 1 heterocycles. The minimum absolute atomic E-state index is 0.0775. The fourth-order valence-corrected chi connectivity index (χ4v) is 1.45. The van der Waals surface area contributed by atoms with Crippen LogP contribution in [0.15, 0.2) is 24.4 Å². The summed E-state index contributed by atoms with van der Waals surface area (Å²) in [6.07, 6.45) is 1.79. The van der Waals surface area contributed by atoms with E-state index in [1.807, 2.05) is 6.92 Å². The number of rotatable bonds is 2. The highest BCUT2D eigenvalue weighted by atomic mass is 19.1. The maximum absolute atomic E-state index is 13.3. The van der Waals surface area contributed by atoms with E-state index in [0.717, 1.165) is 23.9 Å². The van der Waals surface area contributed by atoms with E-state index in [1.165, 1.54) is 0 Å². The Labute approximate surface area is 91.7 Å². The fourth-order valence-electron chi connectivity index (χ4n) is 1.45. The predicted molar refractivity (Wildman–Crippen MR) is 57.6 cm³/mol. The molecule has 2 rings (SSSR count). The summed E-state index contributed by atoms with van der Waals surface area (Å²) in [6, 6.07) is 3.25. The lowest BCUT2D eigenvalue weighted by atomic mass is 10.3. The van der Waals surface area contributed by atoms with Crippen molar-refractivity contribution in [2.24, 2.45) is 7.05 Å². The Kier molecular flexibility index (Phi) is 2.60. The molecule has 0 atom stereocenters. The molecule has 1 N–H and O–H groups in total. The lowest BCUT2D eigenvalue weighted by Crippen LogP contribution is -2.00. The minimum Gasteiger partial charge on any atom is -0.323 e. The van der Waals surface area contributed by atoms with E-state index in [-0.39, 0.29) is 5.69 Å². The average molecular weight is 223 g/mol. The Morgan fingerprint density at radius 3 is 2.69 bits per heavy atom. The van der Waals surface area contributed by atoms with Gasteiger partial charge in [0, 0.05) is 19.3 Å². The topological polar surface area (TPSA) is 29.9 Å². The van der Waals surface area contributed by atoms with Crippen LogP contribution in [0.1, 0.15) is 5.69 Å². The molecule has 0 saturated carbocycles. The summed E-state index contributed by atoms with van der Waals surface area (Å²) in [5, 5.41) is 2.74. The van der Waals surface area contributed by atoms with Gasteiger partial charge in [-0.1, -0.05) is 0 Å². The predicted octanol–water partition coefficient (Wildman–Crippen LogP) is 2.75. The van der Waals surface area contributed by atoms with Gasteiger partial charge < -0.3 is 9.88 Å². The molecule has 0 aliphatic rings. The molecule has 1 aromatic heterocycles. The summed E-state index contributed by atoms with van der Waals surface area (Å²) >= 11 is 0. The van der Waals surface area contributed by atoms with Crippen LogP contribution in [-0.2, 0) is 7.05 Å². The molecule has 5 heteroatoms. The number of benzene rings is 1. The molecule has 0 spiro atoms. The minimum atomic E-state index is -0.512. The molecule has 16 heavy (non-hydrogen) atoms. The van der Waals surface area contributed by atoms with Gasteiger partial charge in [0.2, 0.25) is 5.95 Å². The first kappa shape index (κ1) is 10.6. The van der Waals surface area contributed by atoms with Crippen LogP contribution in [0, 0.1) is 18.6 Å². The second-order valence-corrected chi connectivity index (χ2v) is 3.57. The fraction of sp³-hybridized carbons (Fsp3) is 0.182. The van der Waals surface area contributed by atoms with Crippen molar-refractivity contribution in [3.8, 4) is 0 Å². The van der Waals surface area contributed by atoms with Crippen LogP contribution in [-0.4, -0.2) is 9.55 Å². The summed E-state index contributed by atoms with van der Waals surface area (Å²) in [5.74, 6) is -0.529. The third-order valence-electron chi connectivity index (χ3n) is 2.17. The first-order valence-corrected chi connectivity index (χ1v) is 4.78. The summed E-state index contributed by atoms with van der Waals surface area (Å²) in [6.45, 7) is 1.83. The van der Waals surface area contributed by atoms with Gasteiger partial charge in [0.25, 0.3) is 0 Å². The largest absolute Gasteiger partial charge is 0.323 e. The number of hydrogen-bond donors (Lipinski definition) is 1. The van der Waals surface area contributed by atoms with Gasteiger partial charge in [-0.15, -0.1) is 0 Å². The maximum atomic E-state index is 13.3. The van der Waals surface area contributed by atoms with Crippen LogP contribution < -0.4 is 5.32 Å². The van der Waals surface area contributed by atoms with Crippen LogP contribution in [0.5, 0.6) is 0 Å². The molecule has 0 unspecified atom stereocenters. The molecule has 84 valence electrons. The van der Waals surface area contributed by atoms with Gasteiger partial charge in [-0.3, -0.25) is 0 Å². The average Bonchev–Trinajstić information content (AvgIpc) is 2.51. The lowest BCUT2D eigenvalue weighted by molar-refractivity contribution is 0.603. The van der Waals surface area contributed by atoms with Crippen molar-refractivity contribution in [2.75, 3.05) is 5.32 Å². The Morgan fingerprint density at radius 1 is 1.31 bits per heavy atom. The van der Waals surface area contributed by atoms with Crippen LogP contribution in [0.4, 0.5) is 20.4 Å². The molecule has 0 aliphatic heterocycles. The zero-order valence-corrected chi connectivity index (χ0v) is 8.96. The summed E-state index contributed by atoms with van der Waals surface area (Å²) in [4.78, 5) is 4.14. The summed E-state index contributed by atoms with van der Waals surface area (Å²) in [7, 11) is 1.78. The number of aryl methyl sites for hydroxylation is 2. The molecule has 0 fully saturated rings. The molecule has 0 radical (unpaired) electrons. The van der Waals surface area contributed by atoms with Crippen molar-refractivity contribution in [1.82, 2.24) is 9.55 Å². The molecule has 0 amide bonds. The summed E-state index contributed by atoms with van der Waals surface area (Å²) in [5.41, 5.74) is 0.885. The second kappa shape index (κ2) is 3.92. The van der Waals surface area contributed by atoms with Crippen molar-refractivity contribution in [3.63, 3.8) is 0 Å². The monoisotopic (exact) mass is 223 g/mol. The van der Waals surface area contributed by atoms with E-state index in [4.69, 9.17) is 0 Å². The van der Waals surface area contributed by atoms with Gasteiger partial charge in [-0.2, -0.15) is 0 Å². The number of nitrogens with zero attached hydrogens (tertiary/aromatic N) is 2. The van der Waals surface area contributed by atoms with Crippen molar-refractivity contribution in [1.29, 1.82) is 0 Å². The third kappa shape index (κ3) is 2.03. The van der Waals surface area contributed by atoms with Crippen LogP contribution in [0.25, 0.3) is 0 Å². The summed E-state index contributed by atoms with van der Waals surface area (Å²) < 4.78 is 28.0. The Hall–Kier alpha value is -1.91. The lowest BCUT2D eigenvalue weighted by Gasteiger charge is -2.06. The highest BCUT2D eigenvalue weighted by molar-refractivity contribution is 5.54. The van der Waals surface area contributed by atoms with Gasteiger partial charge in [0.05, 0.1) is 11.4 Å². The van der Waals surface area contributed by atoms with Gasteiger partial charge >= 0.3 is 0 Å². The van der Waals surface area contributed by atoms with E-state index >= 15 is 0 Å². The van der Waals surface area contributed by atoms with E-state index in [0.29, 0.717) is 5.95 Å². The van der Waals surface area contributed by atoms with Crippen molar-refractivity contribution in [2.45, 2.75) is 6.92 Å². The number of aromatic nitrogens is 2. The molecule has 0 aliphatic carbocycles. The van der Waals surface area contributed by atoms with Crippen LogP contribution in [0.2, 0.25) is 0 Å².